The first kappa shape index (κ1) is 20.8. The van der Waals surface area contributed by atoms with E-state index in [2.05, 4.69) is 24.1 Å². The second-order valence-electron chi connectivity index (χ2n) is 7.22. The SMILES string of the molecule is CCN(CC)CCNC(=O)c1cccc2c(=O)c(C)c(-c3cccc(C)c3)oc12. The fourth-order valence-electron chi connectivity index (χ4n) is 3.51. The third kappa shape index (κ3) is 4.40. The van der Waals surface area contributed by atoms with E-state index in [1.807, 2.05) is 31.2 Å². The molecule has 2 aromatic carbocycles. The van der Waals surface area contributed by atoms with E-state index < -0.39 is 0 Å². The van der Waals surface area contributed by atoms with Crippen LogP contribution in [0.5, 0.6) is 0 Å². The number of likely N-dealkylation sites (N-methyl/N-ethyl adjacent to an activating group) is 1. The summed E-state index contributed by atoms with van der Waals surface area (Å²) in [6.07, 6.45) is 0. The average Bonchev–Trinajstić information content (AvgIpc) is 2.73. The van der Waals surface area contributed by atoms with Gasteiger partial charge in [-0.25, -0.2) is 0 Å². The fourth-order valence-corrected chi connectivity index (χ4v) is 3.51. The number of carbonyl (C=O) groups excluding carboxylic acids is 1. The number of nitrogens with zero attached hydrogens (tertiary/aromatic N) is 1. The van der Waals surface area contributed by atoms with Gasteiger partial charge in [0, 0.05) is 24.2 Å². The summed E-state index contributed by atoms with van der Waals surface area (Å²) < 4.78 is 6.17. The highest BCUT2D eigenvalue weighted by atomic mass is 16.3. The van der Waals surface area contributed by atoms with Crippen molar-refractivity contribution in [3.8, 4) is 11.3 Å². The number of fused-ring (bicyclic) bond motifs is 1. The van der Waals surface area contributed by atoms with E-state index in [1.54, 1.807) is 25.1 Å². The van der Waals surface area contributed by atoms with Gasteiger partial charge in [0.2, 0.25) is 0 Å². The molecule has 0 bridgehead atoms. The smallest absolute Gasteiger partial charge is 0.255 e. The van der Waals surface area contributed by atoms with Gasteiger partial charge in [-0.15, -0.1) is 0 Å². The van der Waals surface area contributed by atoms with Crippen molar-refractivity contribution >= 4 is 16.9 Å². The minimum absolute atomic E-state index is 0.111. The number of hydrogen-bond donors (Lipinski definition) is 1. The molecule has 1 aromatic heterocycles. The van der Waals surface area contributed by atoms with Crippen LogP contribution in [0.2, 0.25) is 0 Å². The van der Waals surface area contributed by atoms with Crippen molar-refractivity contribution in [1.29, 1.82) is 0 Å². The van der Waals surface area contributed by atoms with Crippen LogP contribution >= 0.6 is 0 Å². The maximum atomic E-state index is 13.0. The maximum absolute atomic E-state index is 13.0. The van der Waals surface area contributed by atoms with E-state index in [-0.39, 0.29) is 11.3 Å². The van der Waals surface area contributed by atoms with E-state index >= 15 is 0 Å². The number of carbonyl (C=O) groups is 1. The molecule has 0 atom stereocenters. The molecule has 0 saturated heterocycles. The van der Waals surface area contributed by atoms with Crippen LogP contribution in [0.4, 0.5) is 0 Å². The molecule has 0 aliphatic heterocycles. The molecule has 1 N–H and O–H groups in total. The Morgan fingerprint density at radius 1 is 1.07 bits per heavy atom. The summed E-state index contributed by atoms with van der Waals surface area (Å²) in [4.78, 5) is 28.0. The van der Waals surface area contributed by atoms with Crippen molar-refractivity contribution in [2.45, 2.75) is 27.7 Å². The Balaban J connectivity index is 2.01. The molecule has 0 spiro atoms. The third-order valence-electron chi connectivity index (χ3n) is 5.28. The van der Waals surface area contributed by atoms with E-state index in [0.717, 1.165) is 30.8 Å². The molecule has 0 saturated carbocycles. The third-order valence-corrected chi connectivity index (χ3v) is 5.28. The predicted octanol–water partition coefficient (Wildman–Crippen LogP) is 4.15. The summed E-state index contributed by atoms with van der Waals surface area (Å²) in [5, 5.41) is 3.38. The Labute approximate surface area is 171 Å². The van der Waals surface area contributed by atoms with Crippen LogP contribution in [-0.2, 0) is 0 Å². The quantitative estimate of drug-likeness (QED) is 0.656. The Hall–Kier alpha value is -2.92. The van der Waals surface area contributed by atoms with Crippen LogP contribution in [0.3, 0.4) is 0 Å². The van der Waals surface area contributed by atoms with Gasteiger partial charge in [0.05, 0.1) is 10.9 Å². The van der Waals surface area contributed by atoms with E-state index in [0.29, 0.717) is 34.4 Å². The second-order valence-corrected chi connectivity index (χ2v) is 7.22. The minimum Gasteiger partial charge on any atom is -0.455 e. The molecule has 0 aliphatic rings. The van der Waals surface area contributed by atoms with Crippen LogP contribution < -0.4 is 10.7 Å². The fraction of sp³-hybridized carbons (Fsp3) is 0.333. The Kier molecular flexibility index (Phi) is 6.49. The molecule has 0 aliphatic carbocycles. The number of benzene rings is 2. The Morgan fingerprint density at radius 3 is 2.48 bits per heavy atom. The zero-order valence-corrected chi connectivity index (χ0v) is 17.5. The van der Waals surface area contributed by atoms with Crippen molar-refractivity contribution in [2.24, 2.45) is 0 Å². The molecular weight excluding hydrogens is 364 g/mol. The lowest BCUT2D eigenvalue weighted by atomic mass is 10.0. The predicted molar refractivity (Wildman–Crippen MR) is 118 cm³/mol. The largest absolute Gasteiger partial charge is 0.455 e. The van der Waals surface area contributed by atoms with Crippen molar-refractivity contribution in [2.75, 3.05) is 26.2 Å². The molecule has 1 heterocycles. The van der Waals surface area contributed by atoms with Gasteiger partial charge in [0.1, 0.15) is 5.76 Å². The molecule has 0 radical (unpaired) electrons. The van der Waals surface area contributed by atoms with Crippen LogP contribution in [0.25, 0.3) is 22.3 Å². The van der Waals surface area contributed by atoms with Crippen LogP contribution in [0.15, 0.2) is 51.7 Å². The average molecular weight is 392 g/mol. The molecule has 3 rings (SSSR count). The lowest BCUT2D eigenvalue weighted by molar-refractivity contribution is 0.0949. The number of amides is 1. The number of rotatable bonds is 7. The molecule has 5 heteroatoms. The Morgan fingerprint density at radius 2 is 1.79 bits per heavy atom. The number of nitrogens with one attached hydrogen (secondary N) is 1. The molecular formula is C24H28N2O3. The van der Waals surface area contributed by atoms with E-state index in [1.165, 1.54) is 0 Å². The second kappa shape index (κ2) is 9.05. The first-order valence-electron chi connectivity index (χ1n) is 10.1. The zero-order chi connectivity index (χ0) is 21.0. The number of para-hydroxylation sites is 1. The summed E-state index contributed by atoms with van der Waals surface area (Å²) in [7, 11) is 0. The molecule has 5 nitrogen and oxygen atoms in total. The van der Waals surface area contributed by atoms with Crippen molar-refractivity contribution in [1.82, 2.24) is 10.2 Å². The topological polar surface area (TPSA) is 62.6 Å². The van der Waals surface area contributed by atoms with Crippen molar-refractivity contribution in [3.63, 3.8) is 0 Å². The van der Waals surface area contributed by atoms with Crippen LogP contribution in [0, 0.1) is 13.8 Å². The van der Waals surface area contributed by atoms with Gasteiger partial charge in [0.15, 0.2) is 11.0 Å². The summed E-state index contributed by atoms with van der Waals surface area (Å²) >= 11 is 0. The van der Waals surface area contributed by atoms with Gasteiger partial charge < -0.3 is 14.6 Å². The highest BCUT2D eigenvalue weighted by molar-refractivity contribution is 6.05. The first-order valence-corrected chi connectivity index (χ1v) is 10.1. The van der Waals surface area contributed by atoms with Gasteiger partial charge in [-0.1, -0.05) is 43.7 Å². The van der Waals surface area contributed by atoms with Crippen molar-refractivity contribution < 1.29 is 9.21 Å². The van der Waals surface area contributed by atoms with Gasteiger partial charge in [-0.2, -0.15) is 0 Å². The molecule has 1 amide bonds. The van der Waals surface area contributed by atoms with Gasteiger partial charge in [-0.05, 0) is 45.1 Å². The molecule has 152 valence electrons. The highest BCUT2D eigenvalue weighted by Crippen LogP contribution is 2.27. The monoisotopic (exact) mass is 392 g/mol. The molecule has 29 heavy (non-hydrogen) atoms. The van der Waals surface area contributed by atoms with Crippen molar-refractivity contribution in [3.05, 3.63) is 69.4 Å². The Bertz CT molecular complexity index is 1080. The van der Waals surface area contributed by atoms with E-state index in [9.17, 15) is 9.59 Å². The maximum Gasteiger partial charge on any atom is 0.255 e. The lowest BCUT2D eigenvalue weighted by Crippen LogP contribution is -2.34. The van der Waals surface area contributed by atoms with Gasteiger partial charge >= 0.3 is 0 Å². The number of aryl methyl sites for hydroxylation is 1. The lowest BCUT2D eigenvalue weighted by Gasteiger charge is -2.18. The van der Waals surface area contributed by atoms with Crippen LogP contribution in [0.1, 0.15) is 35.3 Å². The van der Waals surface area contributed by atoms with Gasteiger partial charge in [-0.3, -0.25) is 9.59 Å². The molecule has 3 aromatic rings. The summed E-state index contributed by atoms with van der Waals surface area (Å²) in [6.45, 7) is 11.1. The zero-order valence-electron chi connectivity index (χ0n) is 17.5. The first-order chi connectivity index (χ1) is 14.0. The van der Waals surface area contributed by atoms with E-state index in [4.69, 9.17) is 4.42 Å². The standard InChI is InChI=1S/C24H28N2O3/c1-5-26(6-2)14-13-25-24(28)20-12-8-11-19-21(27)17(4)22(29-23(19)20)18-10-7-9-16(3)15-18/h7-12,15H,5-6,13-14H2,1-4H3,(H,25,28). The summed E-state index contributed by atoms with van der Waals surface area (Å²) in [5.41, 5.74) is 3.06. The number of hydrogen-bond acceptors (Lipinski definition) is 4. The molecule has 0 unspecified atom stereocenters. The van der Waals surface area contributed by atoms with Crippen LogP contribution in [-0.4, -0.2) is 37.0 Å². The minimum atomic E-state index is -0.232. The normalized spacial score (nSPS) is 11.2. The summed E-state index contributed by atoms with van der Waals surface area (Å²) in [6, 6.07) is 13.0. The molecule has 0 fully saturated rings. The highest BCUT2D eigenvalue weighted by Gasteiger charge is 2.18. The van der Waals surface area contributed by atoms with Gasteiger partial charge in [0.25, 0.3) is 5.91 Å². The summed E-state index contributed by atoms with van der Waals surface area (Å²) in [5.74, 6) is 0.277.